The number of amides is 1. The highest BCUT2D eigenvalue weighted by molar-refractivity contribution is 5.81. The van der Waals surface area contributed by atoms with E-state index in [0.29, 0.717) is 6.42 Å². The van der Waals surface area contributed by atoms with Gasteiger partial charge in [-0.3, -0.25) is 21.1 Å². The van der Waals surface area contributed by atoms with Crippen LogP contribution in [0.5, 0.6) is 0 Å². The van der Waals surface area contributed by atoms with Crippen LogP contribution in [0.2, 0.25) is 0 Å². The Morgan fingerprint density at radius 3 is 2.43 bits per heavy atom. The summed E-state index contributed by atoms with van der Waals surface area (Å²) in [6.07, 6.45) is 6.09. The first-order valence-electron chi connectivity index (χ1n) is 5.05. The summed E-state index contributed by atoms with van der Waals surface area (Å²) in [5.41, 5.74) is 9.59. The molecule has 0 saturated carbocycles. The number of hydrazine groups is 1. The van der Waals surface area contributed by atoms with Crippen LogP contribution in [0, 0.1) is 5.41 Å². The molecule has 5 heteroatoms. The zero-order valence-electron chi connectivity index (χ0n) is 8.73. The molecule has 0 saturated heterocycles. The lowest BCUT2D eigenvalue weighted by Crippen LogP contribution is -2.44. The number of hydrogen-bond acceptors (Lipinski definition) is 2. The fourth-order valence-corrected chi connectivity index (χ4v) is 1.09. The average Bonchev–Trinajstić information content (AvgIpc) is 2.14. The van der Waals surface area contributed by atoms with Crippen molar-refractivity contribution >= 4 is 11.9 Å². The van der Waals surface area contributed by atoms with Crippen molar-refractivity contribution in [1.82, 2.24) is 10.9 Å². The van der Waals surface area contributed by atoms with Gasteiger partial charge in [0.2, 0.25) is 11.9 Å². The zero-order valence-corrected chi connectivity index (χ0v) is 8.73. The molecule has 82 valence electrons. The van der Waals surface area contributed by atoms with Crippen molar-refractivity contribution < 1.29 is 4.79 Å². The first kappa shape index (κ1) is 12.7. The van der Waals surface area contributed by atoms with Gasteiger partial charge >= 0.3 is 0 Å². The molecule has 0 atom stereocenters. The molecule has 0 aliphatic heterocycles. The molecule has 1 amide bonds. The van der Waals surface area contributed by atoms with E-state index in [-0.39, 0.29) is 11.9 Å². The molecule has 0 heterocycles. The van der Waals surface area contributed by atoms with Gasteiger partial charge in [0.05, 0.1) is 0 Å². The van der Waals surface area contributed by atoms with E-state index in [0.717, 1.165) is 12.8 Å². The Kier molecular flexibility index (Phi) is 7.59. The molecule has 14 heavy (non-hydrogen) atoms. The Morgan fingerprint density at radius 2 is 1.86 bits per heavy atom. The van der Waals surface area contributed by atoms with E-state index in [1.165, 1.54) is 19.3 Å². The molecule has 0 unspecified atom stereocenters. The summed E-state index contributed by atoms with van der Waals surface area (Å²) in [5, 5.41) is 6.81. The average molecular weight is 200 g/mol. The second kappa shape index (κ2) is 8.34. The molecule has 0 radical (unpaired) electrons. The van der Waals surface area contributed by atoms with Gasteiger partial charge < -0.3 is 5.73 Å². The highest BCUT2D eigenvalue weighted by Gasteiger charge is 1.99. The molecular weight excluding hydrogens is 180 g/mol. The molecule has 0 aliphatic carbocycles. The predicted molar refractivity (Wildman–Crippen MR) is 56.6 cm³/mol. The number of carbonyl (C=O) groups is 1. The minimum absolute atomic E-state index is 0.114. The maximum Gasteiger partial charge on any atom is 0.238 e. The predicted octanol–water partition coefficient (Wildman–Crippen LogP) is 0.861. The summed E-state index contributed by atoms with van der Waals surface area (Å²) in [6.45, 7) is 2.16. The Balaban J connectivity index is 3.22. The number of hydrogen-bond donors (Lipinski definition) is 4. The number of carbonyl (C=O) groups excluding carboxylic acids is 1. The van der Waals surface area contributed by atoms with Crippen molar-refractivity contribution in [1.29, 1.82) is 5.41 Å². The van der Waals surface area contributed by atoms with Crippen molar-refractivity contribution in [3.63, 3.8) is 0 Å². The highest BCUT2D eigenvalue weighted by Crippen LogP contribution is 2.04. The van der Waals surface area contributed by atoms with Crippen LogP contribution in [-0.4, -0.2) is 11.9 Å². The van der Waals surface area contributed by atoms with E-state index in [2.05, 4.69) is 17.8 Å². The number of nitrogens with one attached hydrogen (secondary N) is 3. The topological polar surface area (TPSA) is 91.0 Å². The van der Waals surface area contributed by atoms with Crippen molar-refractivity contribution in [3.8, 4) is 0 Å². The Hall–Kier alpha value is -1.26. The fraction of sp³-hybridized carbons (Fsp3) is 0.778. The molecule has 0 rings (SSSR count). The van der Waals surface area contributed by atoms with Crippen LogP contribution in [0.4, 0.5) is 0 Å². The van der Waals surface area contributed by atoms with Gasteiger partial charge in [-0.05, 0) is 6.42 Å². The Morgan fingerprint density at radius 1 is 1.21 bits per heavy atom. The summed E-state index contributed by atoms with van der Waals surface area (Å²) in [7, 11) is 0. The van der Waals surface area contributed by atoms with Gasteiger partial charge in [-0.25, -0.2) is 0 Å². The summed E-state index contributed by atoms with van der Waals surface area (Å²) in [6, 6.07) is 0. The number of nitrogens with two attached hydrogens (primary N) is 1. The van der Waals surface area contributed by atoms with Gasteiger partial charge in [-0.1, -0.05) is 32.6 Å². The van der Waals surface area contributed by atoms with Crippen LogP contribution in [0.1, 0.15) is 45.4 Å². The van der Waals surface area contributed by atoms with Gasteiger partial charge in [-0.15, -0.1) is 0 Å². The first-order chi connectivity index (χ1) is 6.66. The molecule has 0 bridgehead atoms. The van der Waals surface area contributed by atoms with E-state index in [9.17, 15) is 4.79 Å². The van der Waals surface area contributed by atoms with Crippen LogP contribution < -0.4 is 16.6 Å². The molecule has 0 spiro atoms. The molecule has 0 aromatic rings. The smallest absolute Gasteiger partial charge is 0.238 e. The molecule has 0 aromatic carbocycles. The van der Waals surface area contributed by atoms with E-state index < -0.39 is 0 Å². The second-order valence-corrected chi connectivity index (χ2v) is 3.25. The minimum atomic E-state index is -0.246. The van der Waals surface area contributed by atoms with Gasteiger partial charge in [0.25, 0.3) is 0 Å². The van der Waals surface area contributed by atoms with E-state index in [1.54, 1.807) is 0 Å². The molecule has 0 fully saturated rings. The van der Waals surface area contributed by atoms with Crippen molar-refractivity contribution in [3.05, 3.63) is 0 Å². The highest BCUT2D eigenvalue weighted by atomic mass is 16.2. The molecule has 5 N–H and O–H groups in total. The summed E-state index contributed by atoms with van der Waals surface area (Å²) >= 11 is 0. The van der Waals surface area contributed by atoms with Crippen molar-refractivity contribution in [2.24, 2.45) is 5.73 Å². The Bertz CT molecular complexity index is 182. The third kappa shape index (κ3) is 8.83. The SMILES string of the molecule is CCCCCCCC(=O)NNC(=N)N. The van der Waals surface area contributed by atoms with E-state index in [4.69, 9.17) is 11.1 Å². The number of rotatable bonds is 6. The quantitative estimate of drug-likeness (QED) is 0.222. The van der Waals surface area contributed by atoms with Gasteiger partial charge in [0.1, 0.15) is 0 Å². The van der Waals surface area contributed by atoms with Gasteiger partial charge in [0.15, 0.2) is 0 Å². The van der Waals surface area contributed by atoms with E-state index >= 15 is 0 Å². The van der Waals surface area contributed by atoms with Crippen LogP contribution in [0.25, 0.3) is 0 Å². The van der Waals surface area contributed by atoms with Crippen LogP contribution in [0.15, 0.2) is 0 Å². The van der Waals surface area contributed by atoms with Crippen molar-refractivity contribution in [2.75, 3.05) is 0 Å². The van der Waals surface area contributed by atoms with Crippen LogP contribution in [-0.2, 0) is 4.79 Å². The fourth-order valence-electron chi connectivity index (χ4n) is 1.09. The van der Waals surface area contributed by atoms with Gasteiger partial charge in [0, 0.05) is 6.42 Å². The number of unbranched alkanes of at least 4 members (excludes halogenated alkanes) is 4. The van der Waals surface area contributed by atoms with Crippen LogP contribution >= 0.6 is 0 Å². The van der Waals surface area contributed by atoms with Gasteiger partial charge in [-0.2, -0.15) is 0 Å². The third-order valence-electron chi connectivity index (χ3n) is 1.84. The first-order valence-corrected chi connectivity index (χ1v) is 5.05. The Labute approximate surface area is 84.9 Å². The summed E-state index contributed by atoms with van der Waals surface area (Å²) in [4.78, 5) is 11.1. The normalized spacial score (nSPS) is 9.50. The maximum absolute atomic E-state index is 11.1. The number of guanidine groups is 1. The molecule has 5 nitrogen and oxygen atoms in total. The second-order valence-electron chi connectivity index (χ2n) is 3.25. The largest absolute Gasteiger partial charge is 0.369 e. The lowest BCUT2D eigenvalue weighted by molar-refractivity contribution is -0.121. The molecular formula is C9H20N4O. The van der Waals surface area contributed by atoms with Crippen LogP contribution in [0.3, 0.4) is 0 Å². The molecule has 0 aromatic heterocycles. The van der Waals surface area contributed by atoms with E-state index in [1.807, 2.05) is 0 Å². The summed E-state index contributed by atoms with van der Waals surface area (Å²) in [5.74, 6) is -0.360. The minimum Gasteiger partial charge on any atom is -0.369 e. The monoisotopic (exact) mass is 200 g/mol. The third-order valence-corrected chi connectivity index (χ3v) is 1.84. The molecule has 0 aliphatic rings. The zero-order chi connectivity index (χ0) is 10.8. The standard InChI is InChI=1S/C9H20N4O/c1-2-3-4-5-6-7-8(14)12-13-9(10)11/h2-7H2,1H3,(H,12,14)(H4,10,11,13). The lowest BCUT2D eigenvalue weighted by Gasteiger charge is -2.05. The van der Waals surface area contributed by atoms with Crippen molar-refractivity contribution in [2.45, 2.75) is 45.4 Å². The summed E-state index contributed by atoms with van der Waals surface area (Å²) < 4.78 is 0. The maximum atomic E-state index is 11.1. The lowest BCUT2D eigenvalue weighted by atomic mass is 10.1.